The van der Waals surface area contributed by atoms with Crippen molar-refractivity contribution in [1.82, 2.24) is 15.4 Å². The van der Waals surface area contributed by atoms with Crippen molar-refractivity contribution in [2.75, 3.05) is 5.75 Å². The van der Waals surface area contributed by atoms with Crippen molar-refractivity contribution in [3.8, 4) is 0 Å². The molecule has 1 atom stereocenters. The Hall–Kier alpha value is -0.680. The van der Waals surface area contributed by atoms with Gasteiger partial charge in [-0.25, -0.2) is 0 Å². The number of hydrogen-bond donors (Lipinski definition) is 1. The summed E-state index contributed by atoms with van der Waals surface area (Å²) in [5.41, 5.74) is 3.44. The van der Waals surface area contributed by atoms with Crippen LogP contribution in [-0.2, 0) is 0 Å². The largest absolute Gasteiger partial charge is 0.257 e. The van der Waals surface area contributed by atoms with Crippen LogP contribution in [0.3, 0.4) is 0 Å². The minimum atomic E-state index is 0.592. The van der Waals surface area contributed by atoms with Gasteiger partial charge in [-0.05, 0) is 24.5 Å². The number of hydrogen-bond acceptors (Lipinski definition) is 4. The summed E-state index contributed by atoms with van der Waals surface area (Å²) >= 11 is 0. The number of benzene rings is 1. The van der Waals surface area contributed by atoms with Crippen LogP contribution in [0.4, 0.5) is 0 Å². The SMILES string of the molecule is c1cc(C2CCCSS2)c2[nH]nnc2c1. The van der Waals surface area contributed by atoms with Gasteiger partial charge in [0.15, 0.2) is 0 Å². The fourth-order valence-electron chi connectivity index (χ4n) is 1.87. The number of nitrogens with one attached hydrogen (secondary N) is 1. The first-order valence-corrected chi connectivity index (χ1v) is 7.41. The van der Waals surface area contributed by atoms with Gasteiger partial charge in [0.25, 0.3) is 0 Å². The maximum atomic E-state index is 4.05. The van der Waals surface area contributed by atoms with E-state index in [4.69, 9.17) is 0 Å². The first kappa shape index (κ1) is 9.54. The molecule has 5 heteroatoms. The maximum Gasteiger partial charge on any atom is 0.113 e. The lowest BCUT2D eigenvalue weighted by Gasteiger charge is -2.20. The monoisotopic (exact) mass is 237 g/mol. The highest BCUT2D eigenvalue weighted by molar-refractivity contribution is 8.76. The molecule has 0 spiro atoms. The molecule has 0 radical (unpaired) electrons. The second-order valence-electron chi connectivity index (χ2n) is 3.60. The molecule has 0 amide bonds. The van der Waals surface area contributed by atoms with E-state index in [2.05, 4.69) is 27.5 Å². The van der Waals surface area contributed by atoms with E-state index in [0.29, 0.717) is 5.25 Å². The van der Waals surface area contributed by atoms with Crippen LogP contribution in [0, 0.1) is 0 Å². The second kappa shape index (κ2) is 4.06. The molecule has 1 aliphatic heterocycles. The van der Waals surface area contributed by atoms with Crippen molar-refractivity contribution in [2.45, 2.75) is 18.1 Å². The molecule has 3 rings (SSSR count). The molecular formula is C10H11N3S2. The summed E-state index contributed by atoms with van der Waals surface area (Å²) in [5, 5.41) is 11.5. The average Bonchev–Trinajstić information content (AvgIpc) is 2.78. The van der Waals surface area contributed by atoms with Crippen molar-refractivity contribution in [1.29, 1.82) is 0 Å². The highest BCUT2D eigenvalue weighted by Crippen LogP contribution is 2.46. The maximum absolute atomic E-state index is 4.05. The molecule has 0 aliphatic carbocycles. The van der Waals surface area contributed by atoms with Crippen LogP contribution in [0.5, 0.6) is 0 Å². The molecule has 2 heterocycles. The molecule has 1 unspecified atom stereocenters. The first-order valence-electron chi connectivity index (χ1n) is 5.03. The summed E-state index contributed by atoms with van der Waals surface area (Å²) < 4.78 is 0. The van der Waals surface area contributed by atoms with Gasteiger partial charge in [-0.3, -0.25) is 5.10 Å². The molecule has 1 fully saturated rings. The summed E-state index contributed by atoms with van der Waals surface area (Å²) in [7, 11) is 3.95. The molecule has 1 aromatic carbocycles. The number of rotatable bonds is 1. The van der Waals surface area contributed by atoms with Gasteiger partial charge in [-0.2, -0.15) is 0 Å². The molecule has 15 heavy (non-hydrogen) atoms. The predicted octanol–water partition coefficient (Wildman–Crippen LogP) is 3.17. The van der Waals surface area contributed by atoms with Crippen LogP contribution in [0.2, 0.25) is 0 Å². The molecule has 3 nitrogen and oxygen atoms in total. The van der Waals surface area contributed by atoms with Crippen molar-refractivity contribution in [3.63, 3.8) is 0 Å². The molecule has 0 saturated carbocycles. The van der Waals surface area contributed by atoms with Gasteiger partial charge in [0.2, 0.25) is 0 Å². The van der Waals surface area contributed by atoms with Gasteiger partial charge < -0.3 is 0 Å². The van der Waals surface area contributed by atoms with Crippen molar-refractivity contribution in [2.24, 2.45) is 0 Å². The Bertz CT molecular complexity index is 462. The molecule has 1 aliphatic rings. The number of nitrogens with zero attached hydrogens (tertiary/aromatic N) is 2. The lowest BCUT2D eigenvalue weighted by atomic mass is 10.1. The minimum absolute atomic E-state index is 0.592. The van der Waals surface area contributed by atoms with E-state index in [1.54, 1.807) is 0 Å². The second-order valence-corrected chi connectivity index (χ2v) is 6.29. The summed E-state index contributed by atoms with van der Waals surface area (Å²) in [5.74, 6) is 1.28. The van der Waals surface area contributed by atoms with Gasteiger partial charge in [-0.15, -0.1) is 5.10 Å². The van der Waals surface area contributed by atoms with E-state index in [0.717, 1.165) is 11.0 Å². The fourth-order valence-corrected chi connectivity index (χ4v) is 4.72. The summed E-state index contributed by atoms with van der Waals surface area (Å²) in [6.45, 7) is 0. The molecular weight excluding hydrogens is 226 g/mol. The number of para-hydroxylation sites is 1. The highest BCUT2D eigenvalue weighted by Gasteiger charge is 2.19. The molecule has 2 aromatic rings. The van der Waals surface area contributed by atoms with Crippen LogP contribution in [0.25, 0.3) is 11.0 Å². The molecule has 78 valence electrons. The Kier molecular flexibility index (Phi) is 2.58. The van der Waals surface area contributed by atoms with Crippen LogP contribution in [0.1, 0.15) is 23.7 Å². The number of H-pyrrole nitrogens is 1. The standard InChI is InChI=1S/C10H11N3S2/c1-3-7(9-5-2-6-14-15-9)10-8(4-1)11-13-12-10/h1,3-4,9H,2,5-6H2,(H,11,12,13). The number of aromatic amines is 1. The average molecular weight is 237 g/mol. The van der Waals surface area contributed by atoms with Gasteiger partial charge in [0, 0.05) is 11.0 Å². The van der Waals surface area contributed by atoms with Gasteiger partial charge in [-0.1, -0.05) is 38.9 Å². The Labute approximate surface area is 95.8 Å². The van der Waals surface area contributed by atoms with E-state index in [1.165, 1.54) is 24.2 Å². The lowest BCUT2D eigenvalue weighted by molar-refractivity contribution is 0.786. The number of aromatic nitrogens is 3. The minimum Gasteiger partial charge on any atom is -0.257 e. The van der Waals surface area contributed by atoms with Crippen LogP contribution >= 0.6 is 21.6 Å². The predicted molar refractivity (Wildman–Crippen MR) is 65.9 cm³/mol. The Morgan fingerprint density at radius 3 is 3.27 bits per heavy atom. The molecule has 0 bridgehead atoms. The van der Waals surface area contributed by atoms with Crippen molar-refractivity contribution < 1.29 is 0 Å². The Morgan fingerprint density at radius 2 is 2.40 bits per heavy atom. The third-order valence-electron chi connectivity index (χ3n) is 2.62. The zero-order chi connectivity index (χ0) is 10.1. The van der Waals surface area contributed by atoms with Crippen LogP contribution in [0.15, 0.2) is 18.2 Å². The smallest absolute Gasteiger partial charge is 0.113 e. The van der Waals surface area contributed by atoms with E-state index in [1.807, 2.05) is 27.7 Å². The summed E-state index contributed by atoms with van der Waals surface area (Å²) in [6.07, 6.45) is 2.57. The quantitative estimate of drug-likeness (QED) is 0.773. The Morgan fingerprint density at radius 1 is 1.40 bits per heavy atom. The van der Waals surface area contributed by atoms with Crippen LogP contribution < -0.4 is 0 Å². The highest BCUT2D eigenvalue weighted by atomic mass is 33.1. The zero-order valence-electron chi connectivity index (χ0n) is 8.14. The lowest BCUT2D eigenvalue weighted by Crippen LogP contribution is -1.99. The van der Waals surface area contributed by atoms with Gasteiger partial charge >= 0.3 is 0 Å². The van der Waals surface area contributed by atoms with E-state index in [9.17, 15) is 0 Å². The Balaban J connectivity index is 2.05. The van der Waals surface area contributed by atoms with Gasteiger partial charge in [0.1, 0.15) is 5.52 Å². The van der Waals surface area contributed by atoms with Crippen molar-refractivity contribution >= 4 is 32.6 Å². The third-order valence-corrected chi connectivity index (χ3v) is 5.54. The topological polar surface area (TPSA) is 41.6 Å². The first-order chi connectivity index (χ1) is 7.45. The summed E-state index contributed by atoms with van der Waals surface area (Å²) in [6, 6.07) is 6.26. The van der Waals surface area contributed by atoms with E-state index >= 15 is 0 Å². The molecule has 1 aromatic heterocycles. The van der Waals surface area contributed by atoms with Gasteiger partial charge in [0.05, 0.1) is 5.52 Å². The van der Waals surface area contributed by atoms with Crippen molar-refractivity contribution in [3.05, 3.63) is 23.8 Å². The fraction of sp³-hybridized carbons (Fsp3) is 0.400. The third kappa shape index (κ3) is 1.74. The van der Waals surface area contributed by atoms with E-state index < -0.39 is 0 Å². The van der Waals surface area contributed by atoms with E-state index in [-0.39, 0.29) is 0 Å². The number of fused-ring (bicyclic) bond motifs is 1. The summed E-state index contributed by atoms with van der Waals surface area (Å²) in [4.78, 5) is 0. The molecule has 1 N–H and O–H groups in total. The van der Waals surface area contributed by atoms with Crippen LogP contribution in [-0.4, -0.2) is 21.2 Å². The molecule has 1 saturated heterocycles. The normalized spacial score (nSPS) is 22.0. The zero-order valence-corrected chi connectivity index (χ0v) is 9.77.